The largest absolute Gasteiger partial charge is 0.459 e. The molecule has 1 amide bonds. The van der Waals surface area contributed by atoms with Crippen LogP contribution in [0.1, 0.15) is 28.2 Å². The van der Waals surface area contributed by atoms with E-state index in [2.05, 4.69) is 10.5 Å². The lowest BCUT2D eigenvalue weighted by Crippen LogP contribution is -2.39. The summed E-state index contributed by atoms with van der Waals surface area (Å²) in [5.41, 5.74) is 4.77. The molecule has 1 aromatic heterocycles. The van der Waals surface area contributed by atoms with Crippen LogP contribution in [0.15, 0.2) is 141 Å². The van der Waals surface area contributed by atoms with Crippen LogP contribution in [-0.4, -0.2) is 44.1 Å². The zero-order valence-electron chi connectivity index (χ0n) is 25.9. The summed E-state index contributed by atoms with van der Waals surface area (Å²) in [6.07, 6.45) is 1.26. The van der Waals surface area contributed by atoms with Crippen LogP contribution < -0.4 is 5.43 Å². The van der Waals surface area contributed by atoms with Crippen LogP contribution in [-0.2, 0) is 44.5 Å². The first-order chi connectivity index (χ1) is 23.0. The normalized spacial score (nSPS) is 12.2. The van der Waals surface area contributed by atoms with Gasteiger partial charge in [-0.15, -0.1) is 0 Å². The number of aryl methyl sites for hydroxylation is 1. The fourth-order valence-electron chi connectivity index (χ4n) is 4.73. The Bertz CT molecular complexity index is 2070. The summed E-state index contributed by atoms with van der Waals surface area (Å²) in [5, 5.41) is 4.37. The smallest absolute Gasteiger partial charge is 0.255 e. The molecule has 5 aromatic rings. The third-order valence-corrected chi connectivity index (χ3v) is 11.1. The topological polar surface area (TPSA) is 129 Å². The minimum absolute atomic E-state index is 0.0197. The standard InChI is InChI=1S/C35H33ClN4O6S2/c1-27-12-18-33(19-13-27)48(44,45)40(24-29-10-6-3-7-11-29)26-35(41)38-37-22-31-16-17-32(46-31)25-39(23-28-8-4-2-5-9-28)47(42,43)34-20-14-30(36)15-21-34/h2-22H,23-26H2,1H3,(H,38,41)/b37-22-. The van der Waals surface area contributed by atoms with Gasteiger partial charge >= 0.3 is 0 Å². The van der Waals surface area contributed by atoms with Crippen LogP contribution in [0, 0.1) is 6.92 Å². The number of carbonyl (C=O) groups is 1. The molecule has 0 radical (unpaired) electrons. The van der Waals surface area contributed by atoms with Crippen LogP contribution in [0.25, 0.3) is 0 Å². The number of carbonyl (C=O) groups excluding carboxylic acids is 1. The fraction of sp³-hybridized carbons (Fsp3) is 0.143. The van der Waals surface area contributed by atoms with Gasteiger partial charge in [-0.1, -0.05) is 90.0 Å². The van der Waals surface area contributed by atoms with E-state index in [0.717, 1.165) is 15.4 Å². The molecule has 48 heavy (non-hydrogen) atoms. The number of nitrogens with one attached hydrogen (secondary N) is 1. The van der Waals surface area contributed by atoms with E-state index in [-0.39, 0.29) is 35.2 Å². The second-order valence-electron chi connectivity index (χ2n) is 10.9. The highest BCUT2D eigenvalue weighted by molar-refractivity contribution is 7.89. The van der Waals surface area contributed by atoms with Crippen LogP contribution in [0.2, 0.25) is 5.02 Å². The number of furan rings is 1. The predicted octanol–water partition coefficient (Wildman–Crippen LogP) is 5.97. The fourth-order valence-corrected chi connectivity index (χ4v) is 7.63. The highest BCUT2D eigenvalue weighted by Gasteiger charge is 2.28. The Labute approximate surface area is 285 Å². The number of hydrogen-bond acceptors (Lipinski definition) is 7. The van der Waals surface area contributed by atoms with E-state index in [4.69, 9.17) is 16.0 Å². The first-order valence-electron chi connectivity index (χ1n) is 14.8. The molecule has 1 heterocycles. The Balaban J connectivity index is 1.28. The van der Waals surface area contributed by atoms with Gasteiger partial charge in [-0.2, -0.15) is 13.7 Å². The molecule has 4 aromatic carbocycles. The van der Waals surface area contributed by atoms with E-state index in [1.54, 1.807) is 48.5 Å². The van der Waals surface area contributed by atoms with Crippen molar-refractivity contribution in [1.82, 2.24) is 14.0 Å². The molecular weight excluding hydrogens is 672 g/mol. The first-order valence-corrected chi connectivity index (χ1v) is 18.1. The van der Waals surface area contributed by atoms with Crippen molar-refractivity contribution in [2.45, 2.75) is 36.3 Å². The molecule has 0 aliphatic carbocycles. The van der Waals surface area contributed by atoms with Crippen molar-refractivity contribution in [1.29, 1.82) is 0 Å². The van der Waals surface area contributed by atoms with Gasteiger partial charge in [0.25, 0.3) is 5.91 Å². The van der Waals surface area contributed by atoms with Crippen LogP contribution >= 0.6 is 11.6 Å². The molecule has 0 saturated carbocycles. The Hall–Kier alpha value is -4.59. The second kappa shape index (κ2) is 15.5. The van der Waals surface area contributed by atoms with E-state index >= 15 is 0 Å². The molecule has 0 bridgehead atoms. The molecule has 0 fully saturated rings. The van der Waals surface area contributed by atoms with Gasteiger partial charge in [0.2, 0.25) is 20.0 Å². The zero-order chi connectivity index (χ0) is 34.1. The SMILES string of the molecule is Cc1ccc(S(=O)(=O)N(CC(=O)N/N=C\c2ccc(CN(Cc3ccccc3)S(=O)(=O)c3ccc(Cl)cc3)o2)Cc2ccccc2)cc1. The number of nitrogens with zero attached hydrogens (tertiary/aromatic N) is 3. The van der Waals surface area contributed by atoms with Gasteiger partial charge in [0.05, 0.1) is 29.1 Å². The average Bonchev–Trinajstić information content (AvgIpc) is 3.52. The maximum Gasteiger partial charge on any atom is 0.255 e. The van der Waals surface area contributed by atoms with E-state index in [1.807, 2.05) is 43.3 Å². The molecule has 5 rings (SSSR count). The molecule has 248 valence electrons. The molecule has 1 N–H and O–H groups in total. The van der Waals surface area contributed by atoms with Crippen molar-refractivity contribution >= 4 is 43.8 Å². The van der Waals surface area contributed by atoms with E-state index < -0.39 is 32.5 Å². The minimum atomic E-state index is -4.01. The number of sulfonamides is 2. The van der Waals surface area contributed by atoms with Crippen molar-refractivity contribution < 1.29 is 26.0 Å². The van der Waals surface area contributed by atoms with Crippen molar-refractivity contribution in [2.24, 2.45) is 5.10 Å². The molecule has 0 aliphatic rings. The first kappa shape index (κ1) is 34.7. The summed E-state index contributed by atoms with van der Waals surface area (Å²) in [6, 6.07) is 33.7. The second-order valence-corrected chi connectivity index (χ2v) is 15.2. The van der Waals surface area contributed by atoms with Crippen molar-refractivity contribution in [3.63, 3.8) is 0 Å². The van der Waals surface area contributed by atoms with Gasteiger partial charge in [-0.25, -0.2) is 22.3 Å². The van der Waals surface area contributed by atoms with Gasteiger partial charge in [-0.05, 0) is 66.6 Å². The summed E-state index contributed by atoms with van der Waals surface area (Å²) >= 11 is 5.98. The molecule has 13 heteroatoms. The maximum absolute atomic E-state index is 13.6. The van der Waals surface area contributed by atoms with E-state index in [0.29, 0.717) is 16.3 Å². The third kappa shape index (κ3) is 9.06. The molecule has 0 aliphatic heterocycles. The molecule has 0 spiro atoms. The highest BCUT2D eigenvalue weighted by Crippen LogP contribution is 2.24. The van der Waals surface area contributed by atoms with Gasteiger partial charge in [0.15, 0.2) is 0 Å². The number of hydrazone groups is 1. The van der Waals surface area contributed by atoms with Crippen molar-refractivity contribution in [3.05, 3.63) is 155 Å². The van der Waals surface area contributed by atoms with Crippen LogP contribution in [0.4, 0.5) is 0 Å². The molecular formula is C35H33ClN4O6S2. The van der Waals surface area contributed by atoms with Crippen LogP contribution in [0.5, 0.6) is 0 Å². The number of halogens is 1. The highest BCUT2D eigenvalue weighted by atomic mass is 35.5. The Morgan fingerprint density at radius 3 is 1.81 bits per heavy atom. The van der Waals surface area contributed by atoms with E-state index in [9.17, 15) is 21.6 Å². The Morgan fingerprint density at radius 1 is 0.708 bits per heavy atom. The number of rotatable bonds is 14. The molecule has 10 nitrogen and oxygen atoms in total. The average molecular weight is 705 g/mol. The maximum atomic E-state index is 13.6. The van der Waals surface area contributed by atoms with Crippen LogP contribution in [0.3, 0.4) is 0 Å². The van der Waals surface area contributed by atoms with Gasteiger partial charge < -0.3 is 4.42 Å². The summed E-state index contributed by atoms with van der Waals surface area (Å²) < 4.78 is 62.4. The minimum Gasteiger partial charge on any atom is -0.459 e. The van der Waals surface area contributed by atoms with Gasteiger partial charge in [0, 0.05) is 18.1 Å². The molecule has 0 unspecified atom stereocenters. The predicted molar refractivity (Wildman–Crippen MR) is 184 cm³/mol. The third-order valence-electron chi connectivity index (χ3n) is 7.23. The summed E-state index contributed by atoms with van der Waals surface area (Å²) in [6.45, 7) is 1.37. The Morgan fingerprint density at radius 2 is 1.23 bits per heavy atom. The van der Waals surface area contributed by atoms with Crippen molar-refractivity contribution in [2.75, 3.05) is 6.54 Å². The molecule has 0 atom stereocenters. The zero-order valence-corrected chi connectivity index (χ0v) is 28.3. The number of benzene rings is 4. The molecule has 0 saturated heterocycles. The lowest BCUT2D eigenvalue weighted by molar-refractivity contribution is -0.121. The lowest BCUT2D eigenvalue weighted by atomic mass is 10.2. The Kier molecular flexibility index (Phi) is 11.2. The van der Waals surface area contributed by atoms with E-state index in [1.165, 1.54) is 46.9 Å². The lowest BCUT2D eigenvalue weighted by Gasteiger charge is -2.21. The monoisotopic (exact) mass is 704 g/mol. The summed E-state index contributed by atoms with van der Waals surface area (Å²) in [5.74, 6) is -0.0653. The van der Waals surface area contributed by atoms with Gasteiger partial charge in [-0.3, -0.25) is 4.79 Å². The van der Waals surface area contributed by atoms with Crippen molar-refractivity contribution in [3.8, 4) is 0 Å². The number of amides is 1. The number of hydrogen-bond donors (Lipinski definition) is 1. The quantitative estimate of drug-likeness (QED) is 0.112. The summed E-state index contributed by atoms with van der Waals surface area (Å²) in [4.78, 5) is 13.1. The summed E-state index contributed by atoms with van der Waals surface area (Å²) in [7, 11) is -7.94. The van der Waals surface area contributed by atoms with Gasteiger partial charge in [0.1, 0.15) is 11.5 Å².